The second-order valence-electron chi connectivity index (χ2n) is 3.93. The van der Waals surface area contributed by atoms with Crippen molar-refractivity contribution in [2.45, 2.75) is 40.2 Å². The smallest absolute Gasteiger partial charge is 0.223 e. The number of rotatable bonds is 6. The molecular formula is C12H29N3O. The van der Waals surface area contributed by atoms with Crippen molar-refractivity contribution < 1.29 is 4.79 Å². The van der Waals surface area contributed by atoms with Crippen LogP contribution in [0.15, 0.2) is 0 Å². The molecule has 0 aromatic carbocycles. The zero-order chi connectivity index (χ0) is 13.1. The fourth-order valence-electron chi connectivity index (χ4n) is 1.00. The quantitative estimate of drug-likeness (QED) is 0.746. The van der Waals surface area contributed by atoms with Gasteiger partial charge in [0.1, 0.15) is 0 Å². The van der Waals surface area contributed by atoms with E-state index in [2.05, 4.69) is 25.8 Å². The monoisotopic (exact) mass is 231 g/mol. The second kappa shape index (κ2) is 10.9. The average molecular weight is 231 g/mol. The van der Waals surface area contributed by atoms with Gasteiger partial charge in [0.15, 0.2) is 0 Å². The maximum absolute atomic E-state index is 11.4. The van der Waals surface area contributed by atoms with Gasteiger partial charge in [-0.05, 0) is 20.9 Å². The Kier molecular flexibility index (Phi) is 12.1. The highest BCUT2D eigenvalue weighted by molar-refractivity contribution is 5.75. The summed E-state index contributed by atoms with van der Waals surface area (Å²) < 4.78 is 0. The molecule has 0 radical (unpaired) electrons. The molecule has 0 spiro atoms. The molecule has 1 amide bonds. The first-order valence-electron chi connectivity index (χ1n) is 6.13. The minimum absolute atomic E-state index is 0.129. The van der Waals surface area contributed by atoms with Gasteiger partial charge >= 0.3 is 0 Å². The average Bonchev–Trinajstić information content (AvgIpc) is 2.28. The Morgan fingerprint density at radius 2 is 1.69 bits per heavy atom. The molecule has 0 fully saturated rings. The zero-order valence-electron chi connectivity index (χ0n) is 11.8. The van der Waals surface area contributed by atoms with Crippen molar-refractivity contribution in [3.05, 3.63) is 0 Å². The van der Waals surface area contributed by atoms with Gasteiger partial charge < -0.3 is 15.5 Å². The van der Waals surface area contributed by atoms with Gasteiger partial charge in [0, 0.05) is 39.1 Å². The lowest BCUT2D eigenvalue weighted by Crippen LogP contribution is -2.37. The van der Waals surface area contributed by atoms with Crippen LogP contribution in [0.2, 0.25) is 0 Å². The lowest BCUT2D eigenvalue weighted by molar-refractivity contribution is -0.129. The molecule has 0 aromatic heterocycles. The standard InChI is InChI=1S/C10H23N3O.C2H6/c1-9(2)12(3)7-8-13(4)10(14)5-6-11;1-2/h9H,5-8,11H2,1-4H3;1-2H3. The van der Waals surface area contributed by atoms with E-state index in [-0.39, 0.29) is 5.91 Å². The van der Waals surface area contributed by atoms with E-state index in [0.717, 1.165) is 13.1 Å². The van der Waals surface area contributed by atoms with E-state index in [9.17, 15) is 4.79 Å². The Labute approximate surface area is 101 Å². The summed E-state index contributed by atoms with van der Waals surface area (Å²) in [7, 11) is 3.89. The van der Waals surface area contributed by atoms with Crippen molar-refractivity contribution in [1.82, 2.24) is 9.80 Å². The molecule has 2 N–H and O–H groups in total. The first-order chi connectivity index (χ1) is 7.49. The number of nitrogens with zero attached hydrogens (tertiary/aromatic N) is 2. The Bertz CT molecular complexity index is 172. The molecule has 0 bridgehead atoms. The van der Waals surface area contributed by atoms with Crippen LogP contribution in [0.25, 0.3) is 0 Å². The Morgan fingerprint density at radius 3 is 2.06 bits per heavy atom. The van der Waals surface area contributed by atoms with Crippen LogP contribution in [-0.2, 0) is 4.79 Å². The highest BCUT2D eigenvalue weighted by Gasteiger charge is 2.09. The molecule has 4 heteroatoms. The summed E-state index contributed by atoms with van der Waals surface area (Å²) >= 11 is 0. The van der Waals surface area contributed by atoms with Crippen LogP contribution in [0.3, 0.4) is 0 Å². The van der Waals surface area contributed by atoms with Gasteiger partial charge in [-0.1, -0.05) is 13.8 Å². The summed E-state index contributed by atoms with van der Waals surface area (Å²) in [6, 6.07) is 0.521. The molecule has 98 valence electrons. The first kappa shape index (κ1) is 17.8. The van der Waals surface area contributed by atoms with Crippen LogP contribution in [-0.4, -0.2) is 55.5 Å². The number of amides is 1. The Balaban J connectivity index is 0. The number of likely N-dealkylation sites (N-methyl/N-ethyl adjacent to an activating group) is 2. The summed E-state index contributed by atoms with van der Waals surface area (Å²) in [5, 5.41) is 0. The van der Waals surface area contributed by atoms with E-state index in [4.69, 9.17) is 5.73 Å². The van der Waals surface area contributed by atoms with Crippen molar-refractivity contribution in [3.63, 3.8) is 0 Å². The van der Waals surface area contributed by atoms with Crippen LogP contribution < -0.4 is 5.73 Å². The summed E-state index contributed by atoms with van der Waals surface area (Å²) in [6.45, 7) is 10.4. The topological polar surface area (TPSA) is 49.6 Å². The lowest BCUT2D eigenvalue weighted by Gasteiger charge is -2.24. The molecule has 0 saturated carbocycles. The van der Waals surface area contributed by atoms with Crippen molar-refractivity contribution in [2.75, 3.05) is 33.7 Å². The maximum Gasteiger partial charge on any atom is 0.223 e. The molecule has 0 aliphatic rings. The van der Waals surface area contributed by atoms with Crippen molar-refractivity contribution in [3.8, 4) is 0 Å². The van der Waals surface area contributed by atoms with Crippen LogP contribution >= 0.6 is 0 Å². The van der Waals surface area contributed by atoms with E-state index in [1.165, 1.54) is 0 Å². The molecule has 0 heterocycles. The predicted molar refractivity (Wildman–Crippen MR) is 70.4 cm³/mol. The summed E-state index contributed by atoms with van der Waals surface area (Å²) in [4.78, 5) is 15.3. The molecular weight excluding hydrogens is 202 g/mol. The van der Waals surface area contributed by atoms with Gasteiger partial charge in [0.2, 0.25) is 5.91 Å². The van der Waals surface area contributed by atoms with Gasteiger partial charge in [-0.25, -0.2) is 0 Å². The summed E-state index contributed by atoms with van der Waals surface area (Å²) in [6.07, 6.45) is 0.446. The molecule has 4 nitrogen and oxygen atoms in total. The van der Waals surface area contributed by atoms with Gasteiger partial charge in [0.25, 0.3) is 0 Å². The van der Waals surface area contributed by atoms with E-state index in [1.807, 2.05) is 20.9 Å². The van der Waals surface area contributed by atoms with Gasteiger partial charge in [-0.2, -0.15) is 0 Å². The molecule has 0 rings (SSSR count). The number of carbonyl (C=O) groups excluding carboxylic acids is 1. The van der Waals surface area contributed by atoms with Crippen LogP contribution in [0.4, 0.5) is 0 Å². The largest absolute Gasteiger partial charge is 0.344 e. The molecule has 0 atom stereocenters. The fourth-order valence-corrected chi connectivity index (χ4v) is 1.00. The van der Waals surface area contributed by atoms with Crippen molar-refractivity contribution >= 4 is 5.91 Å². The normalized spacial score (nSPS) is 10.1. The SMILES string of the molecule is CC.CC(C)N(C)CCN(C)C(=O)CCN. The van der Waals surface area contributed by atoms with Crippen LogP contribution in [0.5, 0.6) is 0 Å². The molecule has 16 heavy (non-hydrogen) atoms. The third kappa shape index (κ3) is 8.68. The van der Waals surface area contributed by atoms with E-state index < -0.39 is 0 Å². The minimum atomic E-state index is 0.129. The Hall–Kier alpha value is -0.610. The highest BCUT2D eigenvalue weighted by atomic mass is 16.2. The third-order valence-electron chi connectivity index (χ3n) is 2.45. The molecule has 0 unspecified atom stereocenters. The second-order valence-corrected chi connectivity index (χ2v) is 3.93. The summed E-state index contributed by atoms with van der Waals surface area (Å²) in [5.41, 5.74) is 5.31. The molecule has 0 saturated heterocycles. The third-order valence-corrected chi connectivity index (χ3v) is 2.45. The minimum Gasteiger partial charge on any atom is -0.344 e. The Morgan fingerprint density at radius 1 is 1.19 bits per heavy atom. The predicted octanol–water partition coefficient (Wildman–Crippen LogP) is 1.16. The zero-order valence-corrected chi connectivity index (χ0v) is 11.8. The highest BCUT2D eigenvalue weighted by Crippen LogP contribution is 1.95. The number of carbonyl (C=O) groups is 1. The molecule has 0 aromatic rings. The fraction of sp³-hybridized carbons (Fsp3) is 0.917. The lowest BCUT2D eigenvalue weighted by atomic mass is 10.3. The van der Waals surface area contributed by atoms with Gasteiger partial charge in [0.05, 0.1) is 0 Å². The summed E-state index contributed by atoms with van der Waals surface area (Å²) in [5.74, 6) is 0.129. The van der Waals surface area contributed by atoms with Gasteiger partial charge in [-0.3, -0.25) is 4.79 Å². The van der Waals surface area contributed by atoms with Crippen molar-refractivity contribution in [2.24, 2.45) is 5.73 Å². The van der Waals surface area contributed by atoms with Crippen LogP contribution in [0, 0.1) is 0 Å². The van der Waals surface area contributed by atoms with Gasteiger partial charge in [-0.15, -0.1) is 0 Å². The van der Waals surface area contributed by atoms with E-state index in [1.54, 1.807) is 4.90 Å². The molecule has 0 aliphatic carbocycles. The first-order valence-corrected chi connectivity index (χ1v) is 6.13. The number of hydrogen-bond donors (Lipinski definition) is 1. The number of hydrogen-bond acceptors (Lipinski definition) is 3. The number of nitrogens with two attached hydrogens (primary N) is 1. The molecule has 0 aliphatic heterocycles. The van der Waals surface area contributed by atoms with Crippen LogP contribution in [0.1, 0.15) is 34.1 Å². The van der Waals surface area contributed by atoms with Crippen molar-refractivity contribution in [1.29, 1.82) is 0 Å². The van der Waals surface area contributed by atoms with E-state index >= 15 is 0 Å². The maximum atomic E-state index is 11.4. The van der Waals surface area contributed by atoms with E-state index in [0.29, 0.717) is 19.0 Å².